The van der Waals surface area contributed by atoms with Crippen LogP contribution in [0.5, 0.6) is 5.75 Å². The molecule has 214 valence electrons. The number of nitrogens with one attached hydrogen (secondary N) is 2. The predicted molar refractivity (Wildman–Crippen MR) is 134 cm³/mol. The number of alkyl halides is 6. The van der Waals surface area contributed by atoms with Gasteiger partial charge in [0.15, 0.2) is 0 Å². The zero-order valence-electron chi connectivity index (χ0n) is 21.2. The van der Waals surface area contributed by atoms with Crippen molar-refractivity contribution in [3.63, 3.8) is 0 Å². The molecule has 0 aromatic heterocycles. The van der Waals surface area contributed by atoms with Crippen LogP contribution in [0.4, 0.5) is 26.3 Å². The summed E-state index contributed by atoms with van der Waals surface area (Å²) in [4.78, 5) is 27.9. The van der Waals surface area contributed by atoms with Crippen LogP contribution < -0.4 is 15.4 Å². The monoisotopic (exact) mass is 567 g/mol. The van der Waals surface area contributed by atoms with Crippen molar-refractivity contribution in [3.05, 3.63) is 89.1 Å². The Morgan fingerprint density at radius 2 is 1.68 bits per heavy atom. The first-order chi connectivity index (χ1) is 18.9. The van der Waals surface area contributed by atoms with Crippen molar-refractivity contribution in [1.82, 2.24) is 15.5 Å². The standard InChI is InChI=1S/C28H27F6N3O3/c29-27(30,31)20-7-9-21(10-8-20)40-26(25(39)36-15-11-19-5-2-1-3-6-19)13-4-16-37(18-26)24(38)22-17-35-14-12-23(22)28(32,33)34/h1-3,5-10,12,17,35H,4,11,13-16,18H2,(H,36,39). The molecule has 0 bridgehead atoms. The van der Waals surface area contributed by atoms with Crippen LogP contribution in [0.3, 0.4) is 0 Å². The van der Waals surface area contributed by atoms with Crippen molar-refractivity contribution < 1.29 is 40.7 Å². The van der Waals surface area contributed by atoms with Crippen molar-refractivity contribution in [3.8, 4) is 5.75 Å². The van der Waals surface area contributed by atoms with Gasteiger partial charge in [-0.3, -0.25) is 9.59 Å². The van der Waals surface area contributed by atoms with Crippen molar-refractivity contribution in [2.24, 2.45) is 0 Å². The maximum absolute atomic E-state index is 13.6. The van der Waals surface area contributed by atoms with Gasteiger partial charge in [-0.15, -0.1) is 0 Å². The molecule has 2 aromatic rings. The molecule has 0 radical (unpaired) electrons. The fourth-order valence-electron chi connectivity index (χ4n) is 4.70. The highest BCUT2D eigenvalue weighted by Crippen LogP contribution is 2.36. The summed E-state index contributed by atoms with van der Waals surface area (Å²) >= 11 is 0. The van der Waals surface area contributed by atoms with E-state index in [0.717, 1.165) is 47.0 Å². The molecule has 0 saturated carbocycles. The lowest BCUT2D eigenvalue weighted by molar-refractivity contribution is -0.147. The van der Waals surface area contributed by atoms with E-state index in [1.807, 2.05) is 30.3 Å². The molecule has 12 heteroatoms. The molecule has 0 spiro atoms. The van der Waals surface area contributed by atoms with E-state index in [2.05, 4.69) is 10.6 Å². The number of benzene rings is 2. The predicted octanol–water partition coefficient (Wildman–Crippen LogP) is 4.78. The number of halogens is 6. The fourth-order valence-corrected chi connectivity index (χ4v) is 4.70. The zero-order chi connectivity index (χ0) is 29.0. The molecule has 2 heterocycles. The molecule has 1 atom stereocenters. The lowest BCUT2D eigenvalue weighted by Crippen LogP contribution is -2.62. The summed E-state index contributed by atoms with van der Waals surface area (Å²) in [6.07, 6.45) is -6.69. The number of hydrogen-bond donors (Lipinski definition) is 2. The Kier molecular flexibility index (Phi) is 8.45. The van der Waals surface area contributed by atoms with Gasteiger partial charge in [-0.2, -0.15) is 26.3 Å². The highest BCUT2D eigenvalue weighted by atomic mass is 19.4. The number of rotatable bonds is 7. The van der Waals surface area contributed by atoms with Gasteiger partial charge in [-0.25, -0.2) is 0 Å². The third-order valence-corrected chi connectivity index (χ3v) is 6.69. The summed E-state index contributed by atoms with van der Waals surface area (Å²) in [5, 5.41) is 5.38. The van der Waals surface area contributed by atoms with Crippen LogP contribution in [-0.4, -0.2) is 54.7 Å². The number of carbonyl (C=O) groups excluding carboxylic acids is 2. The van der Waals surface area contributed by atoms with Crippen LogP contribution >= 0.6 is 0 Å². The average molecular weight is 568 g/mol. The molecular weight excluding hydrogens is 540 g/mol. The normalized spacial score (nSPS) is 19.7. The van der Waals surface area contributed by atoms with Crippen molar-refractivity contribution in [2.75, 3.05) is 26.2 Å². The summed E-state index contributed by atoms with van der Waals surface area (Å²) in [7, 11) is 0. The molecule has 1 unspecified atom stereocenters. The van der Waals surface area contributed by atoms with Crippen molar-refractivity contribution >= 4 is 11.8 Å². The van der Waals surface area contributed by atoms with E-state index >= 15 is 0 Å². The molecular formula is C28H27F6N3O3. The number of nitrogens with zero attached hydrogens (tertiary/aromatic N) is 1. The van der Waals surface area contributed by atoms with Gasteiger partial charge in [0, 0.05) is 25.8 Å². The van der Waals surface area contributed by atoms with Crippen LogP contribution in [0.25, 0.3) is 0 Å². The van der Waals surface area contributed by atoms with E-state index < -0.39 is 53.0 Å². The van der Waals surface area contributed by atoms with Gasteiger partial charge in [-0.1, -0.05) is 36.4 Å². The van der Waals surface area contributed by atoms with Gasteiger partial charge >= 0.3 is 12.4 Å². The second kappa shape index (κ2) is 11.6. The number of amides is 2. The Morgan fingerprint density at radius 3 is 2.33 bits per heavy atom. The molecule has 2 amide bonds. The largest absolute Gasteiger partial charge is 0.476 e. The van der Waals surface area contributed by atoms with E-state index in [1.54, 1.807) is 0 Å². The van der Waals surface area contributed by atoms with Crippen molar-refractivity contribution in [1.29, 1.82) is 0 Å². The molecule has 40 heavy (non-hydrogen) atoms. The molecule has 6 nitrogen and oxygen atoms in total. The second-order valence-electron chi connectivity index (χ2n) is 9.52. The average Bonchev–Trinajstić information content (AvgIpc) is 2.92. The van der Waals surface area contributed by atoms with Gasteiger partial charge < -0.3 is 20.3 Å². The van der Waals surface area contributed by atoms with Crippen LogP contribution in [-0.2, 0) is 22.2 Å². The maximum Gasteiger partial charge on any atom is 0.416 e. The molecule has 2 aromatic carbocycles. The smallest absolute Gasteiger partial charge is 0.416 e. The molecule has 2 aliphatic heterocycles. The third-order valence-electron chi connectivity index (χ3n) is 6.69. The van der Waals surface area contributed by atoms with Crippen LogP contribution in [0.2, 0.25) is 0 Å². The molecule has 4 rings (SSSR count). The first kappa shape index (κ1) is 29.0. The minimum atomic E-state index is -4.76. The number of ether oxygens (including phenoxy) is 1. The Bertz CT molecular complexity index is 1270. The SMILES string of the molecule is O=C(C1=CNCC=C1C(F)(F)F)N1CCCC(Oc2ccc(C(F)(F)F)cc2)(C(=O)NCCc2ccccc2)C1. The summed E-state index contributed by atoms with van der Waals surface area (Å²) in [6.45, 7) is -0.232. The Morgan fingerprint density at radius 1 is 0.975 bits per heavy atom. The minimum Gasteiger partial charge on any atom is -0.476 e. The van der Waals surface area contributed by atoms with Gasteiger partial charge in [0.1, 0.15) is 5.75 Å². The fraction of sp³-hybridized carbons (Fsp3) is 0.357. The lowest BCUT2D eigenvalue weighted by atomic mass is 9.90. The highest BCUT2D eigenvalue weighted by Gasteiger charge is 2.48. The molecule has 2 N–H and O–H groups in total. The minimum absolute atomic E-state index is 0.0464. The maximum atomic E-state index is 13.6. The van der Waals surface area contributed by atoms with E-state index in [9.17, 15) is 35.9 Å². The van der Waals surface area contributed by atoms with Crippen molar-refractivity contribution in [2.45, 2.75) is 37.2 Å². The summed E-state index contributed by atoms with van der Waals surface area (Å²) in [5.74, 6) is -1.61. The van der Waals surface area contributed by atoms with E-state index in [0.29, 0.717) is 6.42 Å². The van der Waals surface area contributed by atoms with Crippen LogP contribution in [0, 0.1) is 0 Å². The number of dihydropyridines is 1. The second-order valence-corrected chi connectivity index (χ2v) is 9.52. The van der Waals surface area contributed by atoms with Crippen LogP contribution in [0.15, 0.2) is 78.0 Å². The van der Waals surface area contributed by atoms with E-state index in [-0.39, 0.29) is 38.2 Å². The Balaban J connectivity index is 1.58. The first-order valence-corrected chi connectivity index (χ1v) is 12.6. The number of hydrogen-bond acceptors (Lipinski definition) is 4. The lowest BCUT2D eigenvalue weighted by Gasteiger charge is -2.42. The zero-order valence-corrected chi connectivity index (χ0v) is 21.2. The third kappa shape index (κ3) is 6.78. The van der Waals surface area contributed by atoms with Gasteiger partial charge in [0.2, 0.25) is 5.60 Å². The van der Waals surface area contributed by atoms with E-state index in [1.165, 1.54) is 0 Å². The summed E-state index contributed by atoms with van der Waals surface area (Å²) in [5.41, 5.74) is -3.37. The van der Waals surface area contributed by atoms with Crippen LogP contribution in [0.1, 0.15) is 24.0 Å². The number of piperidine rings is 1. The quantitative estimate of drug-likeness (QED) is 0.473. The topological polar surface area (TPSA) is 70.7 Å². The number of carbonyl (C=O) groups is 2. The molecule has 1 fully saturated rings. The molecule has 2 aliphatic rings. The van der Waals surface area contributed by atoms with Gasteiger partial charge in [0.05, 0.1) is 23.3 Å². The van der Waals surface area contributed by atoms with Gasteiger partial charge in [-0.05, 0) is 49.1 Å². The molecule has 1 saturated heterocycles. The Labute approximate surface area is 226 Å². The van der Waals surface area contributed by atoms with Gasteiger partial charge in [0.25, 0.3) is 11.8 Å². The van der Waals surface area contributed by atoms with E-state index in [4.69, 9.17) is 4.74 Å². The highest BCUT2D eigenvalue weighted by molar-refractivity contribution is 5.99. The first-order valence-electron chi connectivity index (χ1n) is 12.6. The summed E-state index contributed by atoms with van der Waals surface area (Å²) < 4.78 is 86.0. The summed E-state index contributed by atoms with van der Waals surface area (Å²) in [6, 6.07) is 13.0. The Hall–Kier alpha value is -3.96. The molecule has 0 aliphatic carbocycles. The number of likely N-dealkylation sites (tertiary alicyclic amines) is 1.